The molecular weight excluding hydrogens is 394 g/mol. The molecule has 2 aromatic heterocycles. The number of aryl methyl sites for hydroxylation is 2. The number of pyridine rings is 1. The third-order valence-corrected chi connectivity index (χ3v) is 5.41. The maximum atomic E-state index is 12.5. The van der Waals surface area contributed by atoms with E-state index in [4.69, 9.17) is 0 Å². The van der Waals surface area contributed by atoms with E-state index in [0.29, 0.717) is 11.0 Å². The first-order valence-electron chi connectivity index (χ1n) is 9.52. The molecule has 7 heteroatoms. The smallest absolute Gasteiger partial charge is 0.234 e. The van der Waals surface area contributed by atoms with Gasteiger partial charge in [0.1, 0.15) is 0 Å². The molecule has 4 aromatic rings. The number of hydrogen-bond donors (Lipinski definition) is 1. The Morgan fingerprint density at radius 2 is 1.83 bits per heavy atom. The molecule has 1 amide bonds. The second-order valence-electron chi connectivity index (χ2n) is 6.93. The summed E-state index contributed by atoms with van der Waals surface area (Å²) in [4.78, 5) is 16.7. The summed E-state index contributed by atoms with van der Waals surface area (Å²) >= 11 is 1.35. The lowest BCUT2D eigenvalue weighted by Crippen LogP contribution is -2.14. The SMILES string of the molecule is Cc1ccc(-n2c(SCC(=O)Nc3cccc(C)c3)nnc2-c2cccnc2)cc1. The number of hydrogen-bond acceptors (Lipinski definition) is 5. The zero-order valence-corrected chi connectivity index (χ0v) is 17.6. The van der Waals surface area contributed by atoms with Gasteiger partial charge in [-0.15, -0.1) is 10.2 Å². The van der Waals surface area contributed by atoms with Crippen LogP contribution in [0.3, 0.4) is 0 Å². The van der Waals surface area contributed by atoms with Crippen LogP contribution in [0.1, 0.15) is 11.1 Å². The minimum Gasteiger partial charge on any atom is -0.325 e. The predicted octanol–water partition coefficient (Wildman–Crippen LogP) is 4.68. The number of thioether (sulfide) groups is 1. The molecule has 30 heavy (non-hydrogen) atoms. The molecule has 150 valence electrons. The van der Waals surface area contributed by atoms with Gasteiger partial charge in [0.15, 0.2) is 11.0 Å². The van der Waals surface area contributed by atoms with Crippen LogP contribution < -0.4 is 5.32 Å². The highest BCUT2D eigenvalue weighted by molar-refractivity contribution is 7.99. The molecule has 0 bridgehead atoms. The minimum absolute atomic E-state index is 0.0908. The Kier molecular flexibility index (Phi) is 5.90. The Morgan fingerprint density at radius 1 is 1.00 bits per heavy atom. The summed E-state index contributed by atoms with van der Waals surface area (Å²) < 4.78 is 1.96. The first kappa shape index (κ1) is 19.8. The Hall–Kier alpha value is -3.45. The lowest BCUT2D eigenvalue weighted by atomic mass is 10.2. The van der Waals surface area contributed by atoms with Crippen molar-refractivity contribution in [2.45, 2.75) is 19.0 Å². The summed E-state index contributed by atoms with van der Waals surface area (Å²) in [5.41, 5.74) is 4.85. The molecule has 0 aliphatic rings. The van der Waals surface area contributed by atoms with E-state index >= 15 is 0 Å². The van der Waals surface area contributed by atoms with E-state index in [9.17, 15) is 4.79 Å². The highest BCUT2D eigenvalue weighted by Crippen LogP contribution is 2.28. The third-order valence-electron chi connectivity index (χ3n) is 4.48. The monoisotopic (exact) mass is 415 g/mol. The average Bonchev–Trinajstić information content (AvgIpc) is 3.17. The summed E-state index contributed by atoms with van der Waals surface area (Å²) in [6, 6.07) is 19.7. The summed E-state index contributed by atoms with van der Waals surface area (Å²) in [5, 5.41) is 12.3. The van der Waals surface area contributed by atoms with Gasteiger partial charge >= 0.3 is 0 Å². The van der Waals surface area contributed by atoms with Crippen molar-refractivity contribution in [3.05, 3.63) is 84.2 Å². The first-order valence-corrected chi connectivity index (χ1v) is 10.5. The fourth-order valence-electron chi connectivity index (χ4n) is 3.02. The van der Waals surface area contributed by atoms with Crippen LogP contribution >= 0.6 is 11.8 Å². The zero-order chi connectivity index (χ0) is 20.9. The van der Waals surface area contributed by atoms with Crippen LogP contribution in [0, 0.1) is 13.8 Å². The minimum atomic E-state index is -0.0908. The highest BCUT2D eigenvalue weighted by atomic mass is 32.2. The van der Waals surface area contributed by atoms with Crippen molar-refractivity contribution in [2.75, 3.05) is 11.1 Å². The number of carbonyl (C=O) groups excluding carboxylic acids is 1. The average molecular weight is 416 g/mol. The van der Waals surface area contributed by atoms with E-state index in [0.717, 1.165) is 22.5 Å². The quantitative estimate of drug-likeness (QED) is 0.463. The standard InChI is InChI=1S/C23H21N5OS/c1-16-8-10-20(11-9-16)28-22(18-6-4-12-24-14-18)26-27-23(28)30-15-21(29)25-19-7-3-5-17(2)13-19/h3-14H,15H2,1-2H3,(H,25,29). The number of benzene rings is 2. The van der Waals surface area contributed by atoms with Crippen LogP contribution in [0.4, 0.5) is 5.69 Å². The second kappa shape index (κ2) is 8.92. The van der Waals surface area contributed by atoms with Crippen molar-refractivity contribution in [3.63, 3.8) is 0 Å². The van der Waals surface area contributed by atoms with Gasteiger partial charge in [-0.1, -0.05) is 41.6 Å². The van der Waals surface area contributed by atoms with Crippen molar-refractivity contribution in [1.29, 1.82) is 0 Å². The third kappa shape index (κ3) is 4.58. The molecule has 0 atom stereocenters. The van der Waals surface area contributed by atoms with E-state index < -0.39 is 0 Å². The van der Waals surface area contributed by atoms with Gasteiger partial charge in [0.2, 0.25) is 5.91 Å². The number of amides is 1. The largest absolute Gasteiger partial charge is 0.325 e. The molecule has 0 fully saturated rings. The number of carbonyl (C=O) groups is 1. The normalized spacial score (nSPS) is 10.7. The Balaban J connectivity index is 1.59. The highest BCUT2D eigenvalue weighted by Gasteiger charge is 2.17. The molecule has 0 aliphatic heterocycles. The van der Waals surface area contributed by atoms with Crippen LogP contribution in [0.15, 0.2) is 78.2 Å². The summed E-state index contributed by atoms with van der Waals surface area (Å²) in [5.74, 6) is 0.825. The number of nitrogens with zero attached hydrogens (tertiary/aromatic N) is 4. The molecule has 1 N–H and O–H groups in total. The van der Waals surface area contributed by atoms with Crippen molar-refractivity contribution in [3.8, 4) is 17.1 Å². The number of aromatic nitrogens is 4. The zero-order valence-electron chi connectivity index (χ0n) is 16.7. The lowest BCUT2D eigenvalue weighted by Gasteiger charge is -2.11. The topological polar surface area (TPSA) is 72.7 Å². The van der Waals surface area contributed by atoms with Gasteiger partial charge in [-0.3, -0.25) is 14.3 Å². The van der Waals surface area contributed by atoms with Crippen LogP contribution in [0.5, 0.6) is 0 Å². The van der Waals surface area contributed by atoms with Crippen molar-refractivity contribution in [1.82, 2.24) is 19.7 Å². The molecule has 0 unspecified atom stereocenters. The molecule has 4 rings (SSSR count). The van der Waals surface area contributed by atoms with Crippen LogP contribution in [0.25, 0.3) is 17.1 Å². The van der Waals surface area contributed by atoms with E-state index in [1.54, 1.807) is 12.4 Å². The van der Waals surface area contributed by atoms with Crippen LogP contribution in [-0.2, 0) is 4.79 Å². The molecule has 0 radical (unpaired) electrons. The number of rotatable bonds is 6. The fraction of sp³-hybridized carbons (Fsp3) is 0.130. The van der Waals surface area contributed by atoms with Crippen molar-refractivity contribution < 1.29 is 4.79 Å². The molecular formula is C23H21N5OS. The lowest BCUT2D eigenvalue weighted by molar-refractivity contribution is -0.113. The number of anilines is 1. The van der Waals surface area contributed by atoms with E-state index in [-0.39, 0.29) is 11.7 Å². The fourth-order valence-corrected chi connectivity index (χ4v) is 3.77. The first-order chi connectivity index (χ1) is 14.6. The maximum absolute atomic E-state index is 12.5. The van der Waals surface area contributed by atoms with Crippen LogP contribution in [0.2, 0.25) is 0 Å². The molecule has 0 aliphatic carbocycles. The molecule has 2 aromatic carbocycles. The van der Waals surface area contributed by atoms with Gasteiger partial charge in [-0.25, -0.2) is 0 Å². The van der Waals surface area contributed by atoms with Crippen LogP contribution in [-0.4, -0.2) is 31.4 Å². The molecule has 6 nitrogen and oxygen atoms in total. The Labute approximate surface area is 179 Å². The predicted molar refractivity (Wildman–Crippen MR) is 120 cm³/mol. The van der Waals surface area contributed by atoms with Gasteiger partial charge in [0.25, 0.3) is 0 Å². The van der Waals surface area contributed by atoms with Gasteiger partial charge in [-0.05, 0) is 55.8 Å². The van der Waals surface area contributed by atoms with E-state index in [1.165, 1.54) is 17.3 Å². The van der Waals surface area contributed by atoms with Crippen molar-refractivity contribution in [2.24, 2.45) is 0 Å². The summed E-state index contributed by atoms with van der Waals surface area (Å²) in [6.07, 6.45) is 3.48. The van der Waals surface area contributed by atoms with Gasteiger partial charge in [-0.2, -0.15) is 0 Å². The summed E-state index contributed by atoms with van der Waals surface area (Å²) in [6.45, 7) is 4.04. The molecule has 2 heterocycles. The Morgan fingerprint density at radius 3 is 2.57 bits per heavy atom. The Bertz CT molecular complexity index is 1160. The van der Waals surface area contributed by atoms with Crippen molar-refractivity contribution >= 4 is 23.4 Å². The van der Waals surface area contributed by atoms with Gasteiger partial charge < -0.3 is 5.32 Å². The molecule has 0 spiro atoms. The number of nitrogens with one attached hydrogen (secondary N) is 1. The van der Waals surface area contributed by atoms with E-state index in [2.05, 4.69) is 20.5 Å². The second-order valence-corrected chi connectivity index (χ2v) is 7.87. The van der Waals surface area contributed by atoms with Gasteiger partial charge in [0.05, 0.1) is 5.75 Å². The van der Waals surface area contributed by atoms with Gasteiger partial charge in [0, 0.05) is 29.3 Å². The van der Waals surface area contributed by atoms with E-state index in [1.807, 2.05) is 79.1 Å². The maximum Gasteiger partial charge on any atom is 0.234 e. The molecule has 0 saturated heterocycles. The summed E-state index contributed by atoms with van der Waals surface area (Å²) in [7, 11) is 0. The molecule has 0 saturated carbocycles.